The summed E-state index contributed by atoms with van der Waals surface area (Å²) in [5.74, 6) is 1.85. The Labute approximate surface area is 121 Å². The van der Waals surface area contributed by atoms with E-state index in [2.05, 4.69) is 16.8 Å². The fraction of sp³-hybridized carbons (Fsp3) is 0.600. The van der Waals surface area contributed by atoms with Crippen LogP contribution >= 0.6 is 12.2 Å². The predicted molar refractivity (Wildman–Crippen MR) is 84.7 cm³/mol. The minimum Gasteiger partial charge on any atom is -0.389 e. The molecule has 2 heterocycles. The normalized spacial score (nSPS) is 16.6. The van der Waals surface area contributed by atoms with Crippen molar-refractivity contribution in [3.63, 3.8) is 0 Å². The third-order valence-corrected chi connectivity index (χ3v) is 4.11. The topological polar surface area (TPSA) is 42.2 Å². The molecule has 1 aromatic rings. The zero-order valence-corrected chi connectivity index (χ0v) is 12.7. The van der Waals surface area contributed by atoms with Gasteiger partial charge in [-0.1, -0.05) is 32.0 Å². The molecule has 1 aliphatic rings. The highest BCUT2D eigenvalue weighted by Gasteiger charge is 2.22. The molecule has 2 N–H and O–H groups in total. The van der Waals surface area contributed by atoms with Crippen LogP contribution in [0.15, 0.2) is 12.1 Å². The van der Waals surface area contributed by atoms with Crippen molar-refractivity contribution < 1.29 is 0 Å². The highest BCUT2D eigenvalue weighted by Crippen LogP contribution is 2.27. The predicted octanol–water partition coefficient (Wildman–Crippen LogP) is 3.04. The van der Waals surface area contributed by atoms with Gasteiger partial charge < -0.3 is 10.6 Å². The quantitative estimate of drug-likeness (QED) is 0.859. The van der Waals surface area contributed by atoms with Gasteiger partial charge in [-0.25, -0.2) is 4.98 Å². The lowest BCUT2D eigenvalue weighted by molar-refractivity contribution is 0.377. The maximum atomic E-state index is 5.81. The van der Waals surface area contributed by atoms with Crippen LogP contribution in [0.5, 0.6) is 0 Å². The summed E-state index contributed by atoms with van der Waals surface area (Å²) < 4.78 is 0. The number of anilines is 1. The van der Waals surface area contributed by atoms with Crippen molar-refractivity contribution in [1.82, 2.24) is 4.98 Å². The molecule has 2 rings (SSSR count). The van der Waals surface area contributed by atoms with Gasteiger partial charge in [-0.3, -0.25) is 0 Å². The average Bonchev–Trinajstić information content (AvgIpc) is 2.39. The molecule has 0 saturated carbocycles. The first-order valence-corrected chi connectivity index (χ1v) is 7.55. The summed E-state index contributed by atoms with van der Waals surface area (Å²) in [6.07, 6.45) is 5.13. The van der Waals surface area contributed by atoms with E-state index in [-0.39, 0.29) is 0 Å². The van der Waals surface area contributed by atoms with Crippen molar-refractivity contribution in [2.75, 3.05) is 18.0 Å². The van der Waals surface area contributed by atoms with Crippen molar-refractivity contribution in [2.24, 2.45) is 11.7 Å². The van der Waals surface area contributed by atoms with E-state index in [4.69, 9.17) is 18.0 Å². The Balaban J connectivity index is 2.14. The van der Waals surface area contributed by atoms with E-state index >= 15 is 0 Å². The number of nitrogens with zero attached hydrogens (tertiary/aromatic N) is 2. The van der Waals surface area contributed by atoms with Crippen LogP contribution in [0.3, 0.4) is 0 Å². The third kappa shape index (κ3) is 3.44. The molecule has 0 aromatic carbocycles. The lowest BCUT2D eigenvalue weighted by Gasteiger charge is -2.33. The largest absolute Gasteiger partial charge is 0.389 e. The Morgan fingerprint density at radius 3 is 2.68 bits per heavy atom. The maximum absolute atomic E-state index is 5.81. The van der Waals surface area contributed by atoms with Gasteiger partial charge in [-0.2, -0.15) is 0 Å². The van der Waals surface area contributed by atoms with Crippen molar-refractivity contribution >= 4 is 23.0 Å². The van der Waals surface area contributed by atoms with E-state index in [9.17, 15) is 0 Å². The second-order valence-electron chi connectivity index (χ2n) is 5.41. The monoisotopic (exact) mass is 277 g/mol. The lowest BCUT2D eigenvalue weighted by Crippen LogP contribution is -2.35. The highest BCUT2D eigenvalue weighted by molar-refractivity contribution is 7.80. The molecular weight excluding hydrogens is 254 g/mol. The van der Waals surface area contributed by atoms with Crippen LogP contribution in [-0.4, -0.2) is 23.1 Å². The molecule has 0 unspecified atom stereocenters. The molecule has 0 amide bonds. The molecule has 1 saturated heterocycles. The van der Waals surface area contributed by atoms with Crippen LogP contribution < -0.4 is 10.6 Å². The molecule has 1 aromatic heterocycles. The first-order chi connectivity index (χ1) is 9.11. The van der Waals surface area contributed by atoms with E-state index in [1.165, 1.54) is 25.7 Å². The Morgan fingerprint density at radius 2 is 2.11 bits per heavy atom. The standard InChI is InChI=1S/C15H23N3S/c1-3-4-12-7-9-18(10-8-12)15-13(14(16)19)6-5-11(2)17-15/h5-6,12H,3-4,7-10H2,1-2H3,(H2,16,19). The van der Waals surface area contributed by atoms with Gasteiger partial charge in [0.2, 0.25) is 0 Å². The summed E-state index contributed by atoms with van der Waals surface area (Å²) in [5.41, 5.74) is 7.74. The van der Waals surface area contributed by atoms with Gasteiger partial charge in [0.05, 0.1) is 5.56 Å². The first kappa shape index (κ1) is 14.3. The number of piperidine rings is 1. The van der Waals surface area contributed by atoms with E-state index in [0.717, 1.165) is 36.1 Å². The molecule has 0 bridgehead atoms. The molecule has 3 nitrogen and oxygen atoms in total. The van der Waals surface area contributed by atoms with Gasteiger partial charge in [0, 0.05) is 18.8 Å². The van der Waals surface area contributed by atoms with Crippen molar-refractivity contribution in [2.45, 2.75) is 39.5 Å². The van der Waals surface area contributed by atoms with E-state index in [1.54, 1.807) is 0 Å². The molecule has 19 heavy (non-hydrogen) atoms. The molecule has 0 aliphatic carbocycles. The number of aromatic nitrogens is 1. The minimum atomic E-state index is 0.443. The summed E-state index contributed by atoms with van der Waals surface area (Å²) in [6.45, 7) is 6.41. The summed E-state index contributed by atoms with van der Waals surface area (Å²) in [6, 6.07) is 3.97. The summed E-state index contributed by atoms with van der Waals surface area (Å²) in [7, 11) is 0. The van der Waals surface area contributed by atoms with Crippen LogP contribution in [0, 0.1) is 12.8 Å². The Morgan fingerprint density at radius 1 is 1.42 bits per heavy atom. The fourth-order valence-corrected chi connectivity index (χ4v) is 2.98. The third-order valence-electron chi connectivity index (χ3n) is 3.89. The molecule has 1 fully saturated rings. The van der Waals surface area contributed by atoms with Crippen LogP contribution in [-0.2, 0) is 0 Å². The van der Waals surface area contributed by atoms with E-state index in [0.29, 0.717) is 4.99 Å². The number of aryl methyl sites for hydroxylation is 1. The second kappa shape index (κ2) is 6.33. The average molecular weight is 277 g/mol. The molecule has 0 atom stereocenters. The highest BCUT2D eigenvalue weighted by atomic mass is 32.1. The summed E-state index contributed by atoms with van der Waals surface area (Å²) in [4.78, 5) is 7.43. The molecule has 104 valence electrons. The smallest absolute Gasteiger partial charge is 0.139 e. The van der Waals surface area contributed by atoms with Gasteiger partial charge in [-0.05, 0) is 37.8 Å². The van der Waals surface area contributed by atoms with Crippen molar-refractivity contribution in [3.05, 3.63) is 23.4 Å². The fourth-order valence-electron chi connectivity index (χ4n) is 2.82. The van der Waals surface area contributed by atoms with Gasteiger partial charge in [-0.15, -0.1) is 0 Å². The first-order valence-electron chi connectivity index (χ1n) is 7.14. The van der Waals surface area contributed by atoms with Gasteiger partial charge in [0.1, 0.15) is 10.8 Å². The summed E-state index contributed by atoms with van der Waals surface area (Å²) in [5, 5.41) is 0. The maximum Gasteiger partial charge on any atom is 0.139 e. The molecular formula is C15H23N3S. The minimum absolute atomic E-state index is 0.443. The summed E-state index contributed by atoms with van der Waals surface area (Å²) >= 11 is 5.14. The molecule has 1 aliphatic heterocycles. The number of thiocarbonyl (C=S) groups is 1. The lowest BCUT2D eigenvalue weighted by atomic mass is 9.92. The molecule has 0 spiro atoms. The number of hydrogen-bond donors (Lipinski definition) is 1. The van der Waals surface area contributed by atoms with Crippen LogP contribution in [0.2, 0.25) is 0 Å². The number of rotatable bonds is 4. The SMILES string of the molecule is CCCC1CCN(c2nc(C)ccc2C(N)=S)CC1. The Kier molecular flexibility index (Phi) is 4.75. The number of hydrogen-bond acceptors (Lipinski definition) is 3. The van der Waals surface area contributed by atoms with E-state index in [1.807, 2.05) is 19.1 Å². The van der Waals surface area contributed by atoms with Crippen LogP contribution in [0.1, 0.15) is 43.9 Å². The molecule has 0 radical (unpaired) electrons. The zero-order valence-electron chi connectivity index (χ0n) is 11.9. The van der Waals surface area contributed by atoms with Gasteiger partial charge >= 0.3 is 0 Å². The number of nitrogens with two attached hydrogens (primary N) is 1. The van der Waals surface area contributed by atoms with Crippen molar-refractivity contribution in [1.29, 1.82) is 0 Å². The van der Waals surface area contributed by atoms with Gasteiger partial charge in [0.25, 0.3) is 0 Å². The van der Waals surface area contributed by atoms with E-state index < -0.39 is 0 Å². The Bertz CT molecular complexity index is 451. The van der Waals surface area contributed by atoms with Gasteiger partial charge in [0.15, 0.2) is 0 Å². The molecule has 4 heteroatoms. The number of pyridine rings is 1. The second-order valence-corrected chi connectivity index (χ2v) is 5.85. The van der Waals surface area contributed by atoms with Crippen LogP contribution in [0.25, 0.3) is 0 Å². The zero-order chi connectivity index (χ0) is 13.8. The Hall–Kier alpha value is -1.16. The van der Waals surface area contributed by atoms with Crippen molar-refractivity contribution in [3.8, 4) is 0 Å². The van der Waals surface area contributed by atoms with Crippen LogP contribution in [0.4, 0.5) is 5.82 Å².